The van der Waals surface area contributed by atoms with Gasteiger partial charge in [0.1, 0.15) is 18.0 Å². The first-order valence-corrected chi connectivity index (χ1v) is 12.2. The Labute approximate surface area is 224 Å². The zero-order valence-corrected chi connectivity index (χ0v) is 20.2. The van der Waals surface area contributed by atoms with Gasteiger partial charge in [0, 0.05) is 28.2 Å². The van der Waals surface area contributed by atoms with Crippen molar-refractivity contribution in [3.05, 3.63) is 35.1 Å². The van der Waals surface area contributed by atoms with Gasteiger partial charge in [-0.25, -0.2) is 19.0 Å². The van der Waals surface area contributed by atoms with Gasteiger partial charge in [-0.15, -0.1) is 5.10 Å². The minimum atomic E-state index is -4.05. The van der Waals surface area contributed by atoms with E-state index in [2.05, 4.69) is 25.6 Å². The molecule has 2 aromatic heterocycles. The van der Waals surface area contributed by atoms with Crippen LogP contribution in [0.5, 0.6) is 0 Å². The Bertz CT molecular complexity index is 1650. The van der Waals surface area contributed by atoms with E-state index in [1.807, 2.05) is 6.92 Å². The lowest BCUT2D eigenvalue weighted by Crippen LogP contribution is -2.33. The van der Waals surface area contributed by atoms with Crippen molar-refractivity contribution in [2.24, 2.45) is 0 Å². The normalized spacial score (nSPS) is 43.3. The molecular weight excluding hydrogens is 487 g/mol. The van der Waals surface area contributed by atoms with Crippen LogP contribution >= 0.6 is 11.8 Å². The Morgan fingerprint density at radius 1 is 1.36 bits per heavy atom. The van der Waals surface area contributed by atoms with Crippen LogP contribution in [0.2, 0.25) is 0 Å². The molecule has 3 aromatic rings. The fourth-order valence-electron chi connectivity index (χ4n) is 3.66. The number of fused-ring (bicyclic) bond motifs is 1. The number of aryl methyl sites for hydroxylation is 1. The molecule has 0 spiro atoms. The summed E-state index contributed by atoms with van der Waals surface area (Å²) in [5, 5.41) is 42.3. The molecule has 0 amide bonds. The Balaban J connectivity index is 1.64. The Hall–Kier alpha value is -2.38. The van der Waals surface area contributed by atoms with Gasteiger partial charge in [0.25, 0.3) is 0 Å². The first-order valence-electron chi connectivity index (χ1n) is 15.7. The van der Waals surface area contributed by atoms with Crippen molar-refractivity contribution in [1.29, 1.82) is 0 Å². The van der Waals surface area contributed by atoms with E-state index in [4.69, 9.17) is 17.1 Å². The fourth-order valence-corrected chi connectivity index (χ4v) is 4.35. The highest BCUT2D eigenvalue weighted by Crippen LogP contribution is 2.44. The van der Waals surface area contributed by atoms with Crippen molar-refractivity contribution in [2.45, 2.75) is 74.4 Å². The number of ether oxygens (including phenoxy) is 1. The SMILES string of the molecule is [2H]C([2H])(CO)O[C@@]1([2H])C([2H])([2H])[C@@]([2H])(n2nnc3c(N[C@@H]4C[C@@]4([2H])c4ccc(C)c(F)c4)nc(SCCC)nc32)[C@]([2H])(O)[C@]1([2H])O. The zero-order valence-electron chi connectivity index (χ0n) is 28.4. The van der Waals surface area contributed by atoms with Crippen LogP contribution in [-0.2, 0) is 4.74 Å². The first kappa shape index (κ1) is 16.5. The minimum Gasteiger partial charge on any atom is -0.394 e. The van der Waals surface area contributed by atoms with E-state index in [0.29, 0.717) is 28.0 Å². The predicted molar refractivity (Wildman–Crippen MR) is 133 cm³/mol. The van der Waals surface area contributed by atoms with Gasteiger partial charge >= 0.3 is 0 Å². The molecule has 10 nitrogen and oxygen atoms in total. The van der Waals surface area contributed by atoms with Gasteiger partial charge in [-0.3, -0.25) is 0 Å². The lowest BCUT2D eigenvalue weighted by Gasteiger charge is -2.17. The van der Waals surface area contributed by atoms with Gasteiger partial charge in [0.2, 0.25) is 0 Å². The third kappa shape index (κ3) is 4.92. The monoisotopic (exact) mass is 527 g/mol. The topological polar surface area (TPSA) is 138 Å². The maximum absolute atomic E-state index is 14.3. The fraction of sp³-hybridized carbons (Fsp3) is 0.583. The van der Waals surface area contributed by atoms with E-state index in [-0.39, 0.29) is 22.9 Å². The number of hydrogen-bond acceptors (Lipinski definition) is 10. The molecule has 0 radical (unpaired) electrons. The van der Waals surface area contributed by atoms with E-state index in [0.717, 1.165) is 11.8 Å². The van der Waals surface area contributed by atoms with Crippen molar-refractivity contribution in [3.63, 3.8) is 0 Å². The zero-order chi connectivity index (χ0) is 33.6. The molecule has 2 aliphatic rings. The molecule has 0 saturated heterocycles. The van der Waals surface area contributed by atoms with Gasteiger partial charge < -0.3 is 25.4 Å². The summed E-state index contributed by atoms with van der Waals surface area (Å²) in [6.07, 6.45) is -14.8. The Morgan fingerprint density at radius 3 is 2.94 bits per heavy atom. The lowest BCUT2D eigenvalue weighted by atomic mass is 10.1. The Morgan fingerprint density at radius 2 is 2.19 bits per heavy atom. The van der Waals surface area contributed by atoms with Gasteiger partial charge in [-0.2, -0.15) is 0 Å². The van der Waals surface area contributed by atoms with Crippen molar-refractivity contribution < 1.29 is 36.8 Å². The number of benzene rings is 1. The highest BCUT2D eigenvalue weighted by molar-refractivity contribution is 7.99. The second-order valence-electron chi connectivity index (χ2n) is 8.17. The second-order valence-corrected chi connectivity index (χ2v) is 9.23. The molecule has 6 atom stereocenters. The van der Waals surface area contributed by atoms with Gasteiger partial charge in [-0.1, -0.05) is 36.0 Å². The maximum atomic E-state index is 14.3. The van der Waals surface area contributed by atoms with Crippen LogP contribution in [-0.4, -0.2) is 83.5 Å². The standard InChI is InChI=1S/C24H31FN6O4S/c1-3-8-36-24-27-22(26-16-10-14(16)13-5-4-12(2)15(25)9-13)19-23(28-24)31(30-29-19)17-11-18(35-7-6-32)21(34)20(17)33/h4-5,9,14,16-18,20-21,32-34H,3,6-8,10-11H2,1-2H3,(H,26,27,28)/t14-,16+,17+,18-,20-,21+/m0/s1/i7D2,11D2,14D,17D,18D,20D,21D. The number of halogens is 1. The van der Waals surface area contributed by atoms with E-state index in [1.165, 1.54) is 6.07 Å². The van der Waals surface area contributed by atoms with Gasteiger partial charge in [0.05, 0.1) is 33.5 Å². The second kappa shape index (κ2) is 10.5. The lowest BCUT2D eigenvalue weighted by molar-refractivity contribution is -0.0629. The predicted octanol–water partition coefficient (Wildman–Crippen LogP) is 2.18. The summed E-state index contributed by atoms with van der Waals surface area (Å²) in [5.41, 5.74) is 0.142. The summed E-state index contributed by atoms with van der Waals surface area (Å²) in [7, 11) is 0. The van der Waals surface area contributed by atoms with Crippen molar-refractivity contribution in [3.8, 4) is 0 Å². The van der Waals surface area contributed by atoms with Crippen LogP contribution in [0.1, 0.15) is 61.5 Å². The highest BCUT2D eigenvalue weighted by Gasteiger charge is 2.45. The summed E-state index contributed by atoms with van der Waals surface area (Å²) in [6.45, 7) is -1.22. The molecule has 2 fully saturated rings. The number of aromatic nitrogens is 5. The van der Waals surface area contributed by atoms with E-state index in [1.54, 1.807) is 19.1 Å². The summed E-state index contributed by atoms with van der Waals surface area (Å²) >= 11 is 1.14. The average molecular weight is 528 g/mol. The molecule has 1 aromatic carbocycles. The van der Waals surface area contributed by atoms with Crippen molar-refractivity contribution >= 4 is 28.7 Å². The molecule has 12 heteroatoms. The quantitative estimate of drug-likeness (QED) is 0.229. The summed E-state index contributed by atoms with van der Waals surface area (Å²) in [4.78, 5) is 8.74. The maximum Gasteiger partial charge on any atom is 0.191 e. The molecule has 36 heavy (non-hydrogen) atoms. The highest BCUT2D eigenvalue weighted by atomic mass is 32.2. The average Bonchev–Trinajstić information content (AvgIpc) is 3.39. The summed E-state index contributed by atoms with van der Waals surface area (Å²) in [5.74, 6) is -1.25. The third-order valence-electron chi connectivity index (χ3n) is 5.60. The van der Waals surface area contributed by atoms with Crippen LogP contribution in [0.15, 0.2) is 23.4 Å². The van der Waals surface area contributed by atoms with Crippen LogP contribution in [0, 0.1) is 12.7 Å². The van der Waals surface area contributed by atoms with Crippen LogP contribution in [0.4, 0.5) is 10.2 Å². The molecular formula is C24H31FN6O4S. The minimum absolute atomic E-state index is 0.0293. The smallest absolute Gasteiger partial charge is 0.191 e. The number of thioether (sulfide) groups is 1. The van der Waals surface area contributed by atoms with E-state index < -0.39 is 67.2 Å². The molecule has 0 unspecified atom stereocenters. The van der Waals surface area contributed by atoms with E-state index >= 15 is 0 Å². The largest absolute Gasteiger partial charge is 0.394 e. The Kier molecular flexibility index (Phi) is 4.82. The van der Waals surface area contributed by atoms with Gasteiger partial charge in [0.15, 0.2) is 22.1 Å². The van der Waals surface area contributed by atoms with Crippen molar-refractivity contribution in [2.75, 3.05) is 24.2 Å². The molecule has 2 heterocycles. The number of rotatable bonds is 10. The molecule has 194 valence electrons. The number of aliphatic hydroxyl groups is 3. The molecule has 0 aliphatic heterocycles. The first-order chi connectivity index (χ1) is 20.6. The molecule has 2 saturated carbocycles. The summed E-state index contributed by atoms with van der Waals surface area (Å²) in [6, 6.07) is 0.214. The number of nitrogens with one attached hydrogen (secondary N) is 1. The number of anilines is 1. The molecule has 2 aliphatic carbocycles. The molecule has 4 N–H and O–H groups in total. The number of hydrogen-bond donors (Lipinski definition) is 4. The number of nitrogens with zero attached hydrogens (tertiary/aromatic N) is 5. The van der Waals surface area contributed by atoms with Crippen molar-refractivity contribution in [1.82, 2.24) is 25.0 Å². The number of aliphatic hydroxyl groups excluding tert-OH is 1. The molecule has 0 bridgehead atoms. The van der Waals surface area contributed by atoms with Gasteiger partial charge in [-0.05, 0) is 37.0 Å². The van der Waals surface area contributed by atoms with E-state index in [9.17, 15) is 19.7 Å². The third-order valence-corrected chi connectivity index (χ3v) is 6.65. The summed E-state index contributed by atoms with van der Waals surface area (Å²) < 4.78 is 95.4. The van der Waals surface area contributed by atoms with Crippen LogP contribution < -0.4 is 5.32 Å². The van der Waals surface area contributed by atoms with Crippen LogP contribution in [0.3, 0.4) is 0 Å². The molecule has 5 rings (SSSR count). The van der Waals surface area contributed by atoms with Crippen LogP contribution in [0.25, 0.3) is 11.2 Å².